The van der Waals surface area contributed by atoms with Gasteiger partial charge in [0.05, 0.1) is 4.90 Å². The first-order chi connectivity index (χ1) is 11.9. The number of halogens is 1. The second-order valence-corrected chi connectivity index (χ2v) is 10.0. The molecular weight excluding hydrogens is 356 g/mol. The summed E-state index contributed by atoms with van der Waals surface area (Å²) in [7, 11) is -3.45. The van der Waals surface area contributed by atoms with E-state index in [1.165, 1.54) is 25.9 Å². The number of hydrogen-bond donors (Lipinski definition) is 0. The highest BCUT2D eigenvalue weighted by Gasteiger charge is 2.31. The van der Waals surface area contributed by atoms with E-state index in [9.17, 15) is 8.42 Å². The Hall–Kier alpha value is -0.620. The minimum atomic E-state index is -3.45. The summed E-state index contributed by atoms with van der Waals surface area (Å²) in [5.74, 6) is 1.40. The van der Waals surface area contributed by atoms with Crippen molar-refractivity contribution in [2.24, 2.45) is 11.8 Å². The Morgan fingerprint density at radius 3 is 2.56 bits per heavy atom. The standard InChI is InChI=1S/C19H29ClN2O2S/c1-15-5-4-10-21(13-15)14-17-8-11-22(12-9-17)25(23,24)19-7-3-6-18(20)16(19)2/h3,6-7,15,17H,4-5,8-14H2,1-2H3/t15-/m0/s1. The van der Waals surface area contributed by atoms with Gasteiger partial charge in [0, 0.05) is 31.2 Å². The first-order valence-corrected chi connectivity index (χ1v) is 11.2. The molecule has 0 unspecified atom stereocenters. The van der Waals surface area contributed by atoms with Gasteiger partial charge in [-0.15, -0.1) is 0 Å². The zero-order chi connectivity index (χ0) is 18.0. The highest BCUT2D eigenvalue weighted by molar-refractivity contribution is 7.89. The molecule has 0 radical (unpaired) electrons. The summed E-state index contributed by atoms with van der Waals surface area (Å²) in [5.41, 5.74) is 0.647. The highest BCUT2D eigenvalue weighted by atomic mass is 35.5. The summed E-state index contributed by atoms with van der Waals surface area (Å²) in [6.07, 6.45) is 4.53. The largest absolute Gasteiger partial charge is 0.303 e. The molecule has 2 aliphatic rings. The summed E-state index contributed by atoms with van der Waals surface area (Å²) in [4.78, 5) is 2.92. The Balaban J connectivity index is 1.60. The zero-order valence-corrected chi connectivity index (χ0v) is 16.8. The molecule has 25 heavy (non-hydrogen) atoms. The average molecular weight is 385 g/mol. The van der Waals surface area contributed by atoms with Gasteiger partial charge in [-0.2, -0.15) is 4.31 Å². The number of likely N-dealkylation sites (tertiary alicyclic amines) is 1. The fourth-order valence-electron chi connectivity index (χ4n) is 4.16. The summed E-state index contributed by atoms with van der Waals surface area (Å²) < 4.78 is 27.6. The minimum absolute atomic E-state index is 0.350. The van der Waals surface area contributed by atoms with Crippen LogP contribution in [0.1, 0.15) is 38.2 Å². The van der Waals surface area contributed by atoms with Gasteiger partial charge < -0.3 is 4.90 Å². The molecule has 0 saturated carbocycles. The van der Waals surface area contributed by atoms with E-state index in [0.29, 0.717) is 34.5 Å². The quantitative estimate of drug-likeness (QED) is 0.793. The van der Waals surface area contributed by atoms with Crippen molar-refractivity contribution in [1.82, 2.24) is 9.21 Å². The van der Waals surface area contributed by atoms with Crippen LogP contribution in [-0.2, 0) is 10.0 Å². The van der Waals surface area contributed by atoms with Crippen LogP contribution in [0.2, 0.25) is 5.02 Å². The monoisotopic (exact) mass is 384 g/mol. The number of piperidine rings is 2. The second kappa shape index (κ2) is 7.95. The van der Waals surface area contributed by atoms with Crippen molar-refractivity contribution in [3.05, 3.63) is 28.8 Å². The van der Waals surface area contributed by atoms with Crippen LogP contribution >= 0.6 is 11.6 Å². The smallest absolute Gasteiger partial charge is 0.243 e. The lowest BCUT2D eigenvalue weighted by molar-refractivity contribution is 0.136. The molecule has 2 heterocycles. The first-order valence-electron chi connectivity index (χ1n) is 9.35. The van der Waals surface area contributed by atoms with E-state index in [2.05, 4.69) is 11.8 Å². The van der Waals surface area contributed by atoms with Crippen molar-refractivity contribution in [1.29, 1.82) is 0 Å². The normalized spacial score (nSPS) is 24.5. The molecule has 140 valence electrons. The van der Waals surface area contributed by atoms with Gasteiger partial charge in [-0.3, -0.25) is 0 Å². The van der Waals surface area contributed by atoms with E-state index >= 15 is 0 Å². The topological polar surface area (TPSA) is 40.6 Å². The predicted molar refractivity (Wildman–Crippen MR) is 103 cm³/mol. The van der Waals surface area contributed by atoms with Gasteiger partial charge in [0.25, 0.3) is 0 Å². The summed E-state index contributed by atoms with van der Waals surface area (Å²) in [6.45, 7) is 8.85. The minimum Gasteiger partial charge on any atom is -0.303 e. The lowest BCUT2D eigenvalue weighted by Gasteiger charge is -2.37. The Kier molecular flexibility index (Phi) is 6.09. The van der Waals surface area contributed by atoms with Gasteiger partial charge in [0.15, 0.2) is 0 Å². The van der Waals surface area contributed by atoms with Crippen LogP contribution in [0.25, 0.3) is 0 Å². The van der Waals surface area contributed by atoms with E-state index in [-0.39, 0.29) is 0 Å². The third kappa shape index (κ3) is 4.38. The Bertz CT molecular complexity index is 699. The highest BCUT2D eigenvalue weighted by Crippen LogP contribution is 2.29. The molecule has 0 spiro atoms. The van der Waals surface area contributed by atoms with Gasteiger partial charge in [0.1, 0.15) is 0 Å². The molecule has 2 fully saturated rings. The van der Waals surface area contributed by atoms with Crippen LogP contribution < -0.4 is 0 Å². The van der Waals surface area contributed by atoms with E-state index in [4.69, 9.17) is 11.6 Å². The molecule has 0 bridgehead atoms. The average Bonchev–Trinajstić information content (AvgIpc) is 2.58. The molecule has 2 aliphatic heterocycles. The third-order valence-corrected chi connectivity index (χ3v) is 8.12. The number of nitrogens with zero attached hydrogens (tertiary/aromatic N) is 2. The van der Waals surface area contributed by atoms with E-state index < -0.39 is 10.0 Å². The molecule has 1 aromatic rings. The number of rotatable bonds is 4. The fraction of sp³-hybridized carbons (Fsp3) is 0.684. The molecule has 2 saturated heterocycles. The van der Waals surface area contributed by atoms with Crippen molar-refractivity contribution < 1.29 is 8.42 Å². The summed E-state index contributed by atoms with van der Waals surface area (Å²) in [5, 5.41) is 0.509. The van der Waals surface area contributed by atoms with Crippen LogP contribution in [0.3, 0.4) is 0 Å². The van der Waals surface area contributed by atoms with Crippen molar-refractivity contribution in [3.8, 4) is 0 Å². The molecule has 4 nitrogen and oxygen atoms in total. The number of hydrogen-bond acceptors (Lipinski definition) is 3. The van der Waals surface area contributed by atoms with Crippen molar-refractivity contribution >= 4 is 21.6 Å². The molecule has 0 amide bonds. The summed E-state index contributed by atoms with van der Waals surface area (Å²) >= 11 is 6.11. The van der Waals surface area contributed by atoms with Crippen LogP contribution in [0.15, 0.2) is 23.1 Å². The van der Waals surface area contributed by atoms with Crippen LogP contribution in [0, 0.1) is 18.8 Å². The molecular formula is C19H29ClN2O2S. The third-order valence-electron chi connectivity index (χ3n) is 5.67. The Morgan fingerprint density at radius 2 is 1.88 bits per heavy atom. The van der Waals surface area contributed by atoms with E-state index in [1.54, 1.807) is 29.4 Å². The van der Waals surface area contributed by atoms with Crippen LogP contribution in [0.5, 0.6) is 0 Å². The van der Waals surface area contributed by atoms with E-state index in [0.717, 1.165) is 25.3 Å². The van der Waals surface area contributed by atoms with Gasteiger partial charge in [-0.1, -0.05) is 24.6 Å². The molecule has 3 rings (SSSR count). The van der Waals surface area contributed by atoms with Gasteiger partial charge in [-0.25, -0.2) is 8.42 Å². The lowest BCUT2D eigenvalue weighted by Crippen LogP contribution is -2.43. The molecule has 6 heteroatoms. The Labute approximate surface area is 157 Å². The van der Waals surface area contributed by atoms with Crippen molar-refractivity contribution in [2.75, 3.05) is 32.7 Å². The molecule has 1 aromatic carbocycles. The molecule has 0 aliphatic carbocycles. The second-order valence-electron chi connectivity index (χ2n) is 7.72. The van der Waals surface area contributed by atoms with Gasteiger partial charge >= 0.3 is 0 Å². The van der Waals surface area contributed by atoms with Crippen LogP contribution in [0.4, 0.5) is 0 Å². The van der Waals surface area contributed by atoms with Crippen molar-refractivity contribution in [3.63, 3.8) is 0 Å². The lowest BCUT2D eigenvalue weighted by atomic mass is 9.94. The maximum Gasteiger partial charge on any atom is 0.243 e. The maximum atomic E-state index is 13.0. The fourth-order valence-corrected chi connectivity index (χ4v) is 6.10. The van der Waals surface area contributed by atoms with Crippen LogP contribution in [-0.4, -0.2) is 50.3 Å². The molecule has 0 N–H and O–H groups in total. The Morgan fingerprint density at radius 1 is 1.16 bits per heavy atom. The molecule has 1 atom stereocenters. The predicted octanol–water partition coefficient (Wildman–Crippen LogP) is 3.78. The summed E-state index contributed by atoms with van der Waals surface area (Å²) in [6, 6.07) is 5.12. The number of sulfonamides is 1. The SMILES string of the molecule is Cc1c(Cl)cccc1S(=O)(=O)N1CCC(CN2CCC[C@H](C)C2)CC1. The zero-order valence-electron chi connectivity index (χ0n) is 15.2. The first kappa shape index (κ1) is 19.2. The van der Waals surface area contributed by atoms with Crippen molar-refractivity contribution in [2.45, 2.75) is 44.4 Å². The van der Waals surface area contributed by atoms with E-state index in [1.807, 2.05) is 0 Å². The van der Waals surface area contributed by atoms with Gasteiger partial charge in [-0.05, 0) is 68.7 Å². The maximum absolute atomic E-state index is 13.0. The number of benzene rings is 1. The van der Waals surface area contributed by atoms with Gasteiger partial charge in [0.2, 0.25) is 10.0 Å². The molecule has 0 aromatic heterocycles.